The number of ether oxygens (including phenoxy) is 2. The van der Waals surface area contributed by atoms with Gasteiger partial charge in [-0.05, 0) is 18.6 Å². The molecule has 0 aromatic heterocycles. The standard InChI is InChI=1S/C16H20Cl2O4/c1-2-3-4-9-21-15(19)7-8-16(20)22-11-12-5-6-13(17)10-14(12)18/h5-6,10H,2-4,7-9,11H2,1H3. The van der Waals surface area contributed by atoms with E-state index in [4.69, 9.17) is 32.7 Å². The summed E-state index contributed by atoms with van der Waals surface area (Å²) in [5, 5.41) is 0.960. The number of carbonyl (C=O) groups excluding carboxylic acids is 2. The summed E-state index contributed by atoms with van der Waals surface area (Å²) in [5.41, 5.74) is 0.668. The second-order valence-corrected chi connectivity index (χ2v) is 5.67. The monoisotopic (exact) mass is 346 g/mol. The topological polar surface area (TPSA) is 52.6 Å². The van der Waals surface area contributed by atoms with Gasteiger partial charge in [-0.25, -0.2) is 0 Å². The number of hydrogen-bond donors (Lipinski definition) is 0. The Kier molecular flexibility index (Phi) is 8.94. The first-order chi connectivity index (χ1) is 10.5. The lowest BCUT2D eigenvalue weighted by Crippen LogP contribution is -2.11. The second-order valence-electron chi connectivity index (χ2n) is 4.82. The summed E-state index contributed by atoms with van der Waals surface area (Å²) in [6.45, 7) is 2.53. The first-order valence-corrected chi connectivity index (χ1v) is 8.03. The van der Waals surface area contributed by atoms with Gasteiger partial charge in [-0.15, -0.1) is 0 Å². The molecule has 0 aliphatic carbocycles. The van der Waals surface area contributed by atoms with Crippen molar-refractivity contribution in [2.45, 2.75) is 45.6 Å². The van der Waals surface area contributed by atoms with Crippen molar-refractivity contribution in [3.05, 3.63) is 33.8 Å². The molecule has 0 fully saturated rings. The van der Waals surface area contributed by atoms with E-state index in [1.165, 1.54) is 0 Å². The van der Waals surface area contributed by atoms with Gasteiger partial charge in [0.2, 0.25) is 0 Å². The number of rotatable bonds is 9. The fourth-order valence-corrected chi connectivity index (χ4v) is 2.15. The predicted molar refractivity (Wildman–Crippen MR) is 86.0 cm³/mol. The number of unbranched alkanes of at least 4 members (excludes halogenated alkanes) is 2. The van der Waals surface area contributed by atoms with Crippen LogP contribution in [0, 0.1) is 0 Å². The highest BCUT2D eigenvalue weighted by Crippen LogP contribution is 2.21. The third kappa shape index (κ3) is 7.66. The fourth-order valence-electron chi connectivity index (χ4n) is 1.68. The van der Waals surface area contributed by atoms with E-state index in [9.17, 15) is 9.59 Å². The van der Waals surface area contributed by atoms with Gasteiger partial charge < -0.3 is 9.47 Å². The molecule has 1 aromatic rings. The maximum atomic E-state index is 11.6. The van der Waals surface area contributed by atoms with Crippen molar-refractivity contribution in [3.8, 4) is 0 Å². The van der Waals surface area contributed by atoms with Crippen LogP contribution < -0.4 is 0 Å². The molecule has 122 valence electrons. The highest BCUT2D eigenvalue weighted by Gasteiger charge is 2.10. The lowest BCUT2D eigenvalue weighted by atomic mass is 10.2. The smallest absolute Gasteiger partial charge is 0.306 e. The molecule has 6 heteroatoms. The molecule has 0 bridgehead atoms. The molecule has 22 heavy (non-hydrogen) atoms. The predicted octanol–water partition coefficient (Wildman–Crippen LogP) is 4.55. The average molecular weight is 347 g/mol. The van der Waals surface area contributed by atoms with E-state index in [1.54, 1.807) is 18.2 Å². The van der Waals surface area contributed by atoms with Crippen LogP contribution in [0.4, 0.5) is 0 Å². The van der Waals surface area contributed by atoms with Gasteiger partial charge in [0.15, 0.2) is 0 Å². The van der Waals surface area contributed by atoms with Crippen molar-refractivity contribution in [1.82, 2.24) is 0 Å². The van der Waals surface area contributed by atoms with E-state index in [0.29, 0.717) is 22.2 Å². The normalized spacial score (nSPS) is 10.3. The molecule has 0 amide bonds. The number of esters is 2. The van der Waals surface area contributed by atoms with E-state index >= 15 is 0 Å². The molecule has 0 unspecified atom stereocenters. The van der Waals surface area contributed by atoms with E-state index in [-0.39, 0.29) is 25.4 Å². The Labute approximate surface area is 140 Å². The van der Waals surface area contributed by atoms with Gasteiger partial charge >= 0.3 is 11.9 Å². The van der Waals surface area contributed by atoms with E-state index in [2.05, 4.69) is 6.92 Å². The third-order valence-electron chi connectivity index (χ3n) is 2.95. The van der Waals surface area contributed by atoms with Crippen LogP contribution in [0.25, 0.3) is 0 Å². The Morgan fingerprint density at radius 3 is 2.36 bits per heavy atom. The Morgan fingerprint density at radius 2 is 1.73 bits per heavy atom. The highest BCUT2D eigenvalue weighted by molar-refractivity contribution is 6.35. The minimum atomic E-state index is -0.462. The zero-order valence-corrected chi connectivity index (χ0v) is 14.1. The third-order valence-corrected chi connectivity index (χ3v) is 3.53. The van der Waals surface area contributed by atoms with Gasteiger partial charge in [0.1, 0.15) is 6.61 Å². The summed E-state index contributed by atoms with van der Waals surface area (Å²) < 4.78 is 10.1. The van der Waals surface area contributed by atoms with Crippen LogP contribution in [-0.2, 0) is 25.7 Å². The van der Waals surface area contributed by atoms with Crippen LogP contribution in [0.1, 0.15) is 44.6 Å². The van der Waals surface area contributed by atoms with Crippen LogP contribution in [0.3, 0.4) is 0 Å². The van der Waals surface area contributed by atoms with Gasteiger partial charge in [-0.1, -0.05) is 49.0 Å². The van der Waals surface area contributed by atoms with Gasteiger partial charge in [0.05, 0.1) is 19.4 Å². The summed E-state index contributed by atoms with van der Waals surface area (Å²) in [4.78, 5) is 23.0. The maximum Gasteiger partial charge on any atom is 0.306 e. The van der Waals surface area contributed by atoms with Gasteiger partial charge in [0, 0.05) is 15.6 Å². The summed E-state index contributed by atoms with van der Waals surface area (Å²) in [6.07, 6.45) is 2.97. The van der Waals surface area contributed by atoms with Gasteiger partial charge in [-0.2, -0.15) is 0 Å². The number of benzene rings is 1. The van der Waals surface area contributed by atoms with E-state index < -0.39 is 5.97 Å². The van der Waals surface area contributed by atoms with Crippen molar-refractivity contribution >= 4 is 35.1 Å². The van der Waals surface area contributed by atoms with Crippen molar-refractivity contribution in [2.75, 3.05) is 6.61 Å². The Balaban J connectivity index is 2.22. The van der Waals surface area contributed by atoms with Gasteiger partial charge in [-0.3, -0.25) is 9.59 Å². The quantitative estimate of drug-likeness (QED) is 0.486. The summed E-state index contributed by atoms with van der Waals surface area (Å²) in [7, 11) is 0. The van der Waals surface area contributed by atoms with Gasteiger partial charge in [0.25, 0.3) is 0 Å². The zero-order chi connectivity index (χ0) is 16.4. The molecule has 0 atom stereocenters. The molecule has 4 nitrogen and oxygen atoms in total. The minimum Gasteiger partial charge on any atom is -0.466 e. The fraction of sp³-hybridized carbons (Fsp3) is 0.500. The summed E-state index contributed by atoms with van der Waals surface area (Å²) >= 11 is 11.8. The number of hydrogen-bond acceptors (Lipinski definition) is 4. The Morgan fingerprint density at radius 1 is 1.05 bits per heavy atom. The molecule has 0 aliphatic heterocycles. The molecule has 0 aliphatic rings. The van der Waals surface area contributed by atoms with E-state index in [0.717, 1.165) is 19.3 Å². The molecule has 0 N–H and O–H groups in total. The molecule has 0 saturated heterocycles. The first kappa shape index (κ1) is 18.8. The van der Waals surface area contributed by atoms with Crippen LogP contribution in [0.5, 0.6) is 0 Å². The first-order valence-electron chi connectivity index (χ1n) is 7.28. The van der Waals surface area contributed by atoms with Crippen molar-refractivity contribution in [3.63, 3.8) is 0 Å². The minimum absolute atomic E-state index is 0.00216. The molecule has 0 radical (unpaired) electrons. The number of halogens is 2. The van der Waals surface area contributed by atoms with E-state index in [1.807, 2.05) is 0 Å². The SMILES string of the molecule is CCCCCOC(=O)CCC(=O)OCc1ccc(Cl)cc1Cl. The van der Waals surface area contributed by atoms with Crippen molar-refractivity contribution in [2.24, 2.45) is 0 Å². The molecule has 0 heterocycles. The van der Waals surface area contributed by atoms with Crippen molar-refractivity contribution < 1.29 is 19.1 Å². The Bertz CT molecular complexity index is 503. The summed E-state index contributed by atoms with van der Waals surface area (Å²) in [5.74, 6) is -0.839. The van der Waals surface area contributed by atoms with Crippen LogP contribution in [-0.4, -0.2) is 18.5 Å². The second kappa shape index (κ2) is 10.5. The van der Waals surface area contributed by atoms with Crippen molar-refractivity contribution in [1.29, 1.82) is 0 Å². The average Bonchev–Trinajstić information content (AvgIpc) is 2.48. The summed E-state index contributed by atoms with van der Waals surface area (Å²) in [6, 6.07) is 4.95. The lowest BCUT2D eigenvalue weighted by Gasteiger charge is -2.07. The van der Waals surface area contributed by atoms with Crippen LogP contribution in [0.15, 0.2) is 18.2 Å². The zero-order valence-electron chi connectivity index (χ0n) is 12.6. The molecule has 0 saturated carbocycles. The number of carbonyl (C=O) groups is 2. The largest absolute Gasteiger partial charge is 0.466 e. The Hall–Kier alpha value is -1.26. The van der Waals surface area contributed by atoms with Crippen LogP contribution >= 0.6 is 23.2 Å². The molecule has 1 rings (SSSR count). The molecule has 0 spiro atoms. The lowest BCUT2D eigenvalue weighted by molar-refractivity contribution is -0.151. The molecular weight excluding hydrogens is 327 g/mol. The maximum absolute atomic E-state index is 11.6. The highest BCUT2D eigenvalue weighted by atomic mass is 35.5. The molecule has 1 aromatic carbocycles. The molecular formula is C16H20Cl2O4. The van der Waals surface area contributed by atoms with Crippen LogP contribution in [0.2, 0.25) is 10.0 Å².